The molecular weight excluding hydrogens is 182 g/mol. The Hall–Kier alpha value is -0.0400. The molecule has 15 heavy (non-hydrogen) atoms. The van der Waals surface area contributed by atoms with Crippen molar-refractivity contribution in [2.24, 2.45) is 5.92 Å². The second kappa shape index (κ2) is 8.15. The Bertz CT molecular complexity index is 144. The van der Waals surface area contributed by atoms with Crippen molar-refractivity contribution in [2.45, 2.75) is 77.7 Å². The van der Waals surface area contributed by atoms with E-state index in [0.29, 0.717) is 0 Å². The van der Waals surface area contributed by atoms with E-state index in [9.17, 15) is 0 Å². The summed E-state index contributed by atoms with van der Waals surface area (Å²) in [5.41, 5.74) is 0. The lowest BCUT2D eigenvalue weighted by molar-refractivity contribution is 0.444. The lowest BCUT2D eigenvalue weighted by atomic mass is 9.99. The summed E-state index contributed by atoms with van der Waals surface area (Å²) >= 11 is 0. The van der Waals surface area contributed by atoms with Gasteiger partial charge in [-0.2, -0.15) is 0 Å². The van der Waals surface area contributed by atoms with Crippen molar-refractivity contribution in [1.29, 1.82) is 0 Å². The van der Waals surface area contributed by atoms with Crippen molar-refractivity contribution in [3.05, 3.63) is 0 Å². The molecule has 0 heterocycles. The maximum absolute atomic E-state index is 3.59. The van der Waals surface area contributed by atoms with Gasteiger partial charge in [-0.25, -0.2) is 0 Å². The minimum atomic E-state index is 0.843. The van der Waals surface area contributed by atoms with Crippen molar-refractivity contribution in [3.63, 3.8) is 0 Å². The number of hydrogen-bond acceptors (Lipinski definition) is 1. The second-order valence-electron chi connectivity index (χ2n) is 5.14. The highest BCUT2D eigenvalue weighted by Gasteiger charge is 2.22. The first-order valence-electron chi connectivity index (χ1n) is 7.10. The molecule has 2 atom stereocenters. The molecule has 1 aliphatic carbocycles. The molecule has 0 bridgehead atoms. The van der Waals surface area contributed by atoms with Gasteiger partial charge in [0.1, 0.15) is 0 Å². The largest absolute Gasteiger partial charge is 0.314 e. The van der Waals surface area contributed by atoms with Crippen LogP contribution in [0.25, 0.3) is 0 Å². The average molecular weight is 211 g/mol. The van der Waals surface area contributed by atoms with Crippen molar-refractivity contribution < 1.29 is 0 Å². The summed E-state index contributed by atoms with van der Waals surface area (Å²) < 4.78 is 0. The van der Waals surface area contributed by atoms with Gasteiger partial charge in [-0.3, -0.25) is 0 Å². The highest BCUT2D eigenvalue weighted by molar-refractivity contribution is 4.79. The molecule has 0 radical (unpaired) electrons. The van der Waals surface area contributed by atoms with Crippen LogP contribution in [0.4, 0.5) is 0 Å². The van der Waals surface area contributed by atoms with Gasteiger partial charge in [-0.1, -0.05) is 52.4 Å². The van der Waals surface area contributed by atoms with Gasteiger partial charge in [0.2, 0.25) is 0 Å². The van der Waals surface area contributed by atoms with Gasteiger partial charge >= 0.3 is 0 Å². The van der Waals surface area contributed by atoms with Crippen LogP contribution in [0.2, 0.25) is 0 Å². The first kappa shape index (κ1) is 13.0. The van der Waals surface area contributed by atoms with Crippen molar-refractivity contribution in [1.82, 2.24) is 5.32 Å². The zero-order valence-corrected chi connectivity index (χ0v) is 10.7. The molecule has 0 saturated heterocycles. The predicted octanol–water partition coefficient (Wildman–Crippen LogP) is 4.13. The monoisotopic (exact) mass is 211 g/mol. The van der Waals surface area contributed by atoms with Crippen LogP contribution in [-0.2, 0) is 0 Å². The lowest BCUT2D eigenvalue weighted by Gasteiger charge is -2.11. The molecule has 1 aliphatic rings. The maximum Gasteiger partial charge on any atom is 0.00696 e. The summed E-state index contributed by atoms with van der Waals surface area (Å²) in [4.78, 5) is 0. The van der Waals surface area contributed by atoms with E-state index in [-0.39, 0.29) is 0 Å². The third-order valence-corrected chi connectivity index (χ3v) is 3.75. The van der Waals surface area contributed by atoms with Crippen LogP contribution in [0.1, 0.15) is 71.6 Å². The minimum Gasteiger partial charge on any atom is -0.314 e. The van der Waals surface area contributed by atoms with Gasteiger partial charge in [-0.05, 0) is 31.7 Å². The lowest BCUT2D eigenvalue weighted by Crippen LogP contribution is -2.25. The normalized spacial score (nSPS) is 26.0. The fourth-order valence-corrected chi connectivity index (χ4v) is 2.85. The molecule has 1 fully saturated rings. The molecule has 0 aliphatic heterocycles. The average Bonchev–Trinajstić information content (AvgIpc) is 2.66. The van der Waals surface area contributed by atoms with E-state index in [0.717, 1.165) is 18.5 Å². The van der Waals surface area contributed by atoms with Crippen LogP contribution in [0.3, 0.4) is 0 Å². The van der Waals surface area contributed by atoms with Crippen LogP contribution < -0.4 is 5.32 Å². The standard InChI is InChI=1S/C14H29N/c1-3-5-6-7-8-9-13-10-11-14(12-13)15-4-2/h13-15H,3-12H2,1-2H3. The van der Waals surface area contributed by atoms with Crippen molar-refractivity contribution in [3.8, 4) is 0 Å². The molecule has 90 valence electrons. The number of unbranched alkanes of at least 4 members (excludes halogenated alkanes) is 4. The summed E-state index contributed by atoms with van der Waals surface area (Å²) in [5.74, 6) is 1.04. The Balaban J connectivity index is 1.94. The van der Waals surface area contributed by atoms with Crippen LogP contribution in [0.15, 0.2) is 0 Å². The SMILES string of the molecule is CCCCCCCC1CCC(NCC)C1. The van der Waals surface area contributed by atoms with Crippen LogP contribution >= 0.6 is 0 Å². The fraction of sp³-hybridized carbons (Fsp3) is 1.00. The van der Waals surface area contributed by atoms with Gasteiger partial charge in [0.15, 0.2) is 0 Å². The van der Waals surface area contributed by atoms with E-state index in [4.69, 9.17) is 0 Å². The van der Waals surface area contributed by atoms with E-state index >= 15 is 0 Å². The topological polar surface area (TPSA) is 12.0 Å². The molecule has 1 nitrogen and oxygen atoms in total. The second-order valence-corrected chi connectivity index (χ2v) is 5.14. The summed E-state index contributed by atoms with van der Waals surface area (Å²) in [6.45, 7) is 5.66. The number of rotatable bonds is 8. The molecule has 0 aromatic rings. The molecule has 1 heteroatoms. The zero-order chi connectivity index (χ0) is 10.9. The van der Waals surface area contributed by atoms with Crippen molar-refractivity contribution in [2.75, 3.05) is 6.54 Å². The first-order valence-corrected chi connectivity index (χ1v) is 7.10. The molecule has 0 aromatic heterocycles. The van der Waals surface area contributed by atoms with Crippen molar-refractivity contribution >= 4 is 0 Å². The summed E-state index contributed by atoms with van der Waals surface area (Å²) in [6, 6.07) is 0.843. The minimum absolute atomic E-state index is 0.843. The smallest absolute Gasteiger partial charge is 0.00696 e. The fourth-order valence-electron chi connectivity index (χ4n) is 2.85. The summed E-state index contributed by atoms with van der Waals surface area (Å²) in [5, 5.41) is 3.59. The highest BCUT2D eigenvalue weighted by atomic mass is 14.9. The Kier molecular flexibility index (Phi) is 7.08. The molecular formula is C14H29N. The maximum atomic E-state index is 3.59. The van der Waals surface area contributed by atoms with E-state index < -0.39 is 0 Å². The predicted molar refractivity (Wildman–Crippen MR) is 68.2 cm³/mol. The van der Waals surface area contributed by atoms with Gasteiger partial charge in [0.05, 0.1) is 0 Å². The van der Waals surface area contributed by atoms with Gasteiger partial charge in [0, 0.05) is 6.04 Å². The molecule has 1 saturated carbocycles. The van der Waals surface area contributed by atoms with E-state index in [1.807, 2.05) is 0 Å². The zero-order valence-electron chi connectivity index (χ0n) is 10.7. The van der Waals surface area contributed by atoms with Gasteiger partial charge in [0.25, 0.3) is 0 Å². The van der Waals surface area contributed by atoms with Gasteiger partial charge in [-0.15, -0.1) is 0 Å². The molecule has 0 aromatic carbocycles. The molecule has 2 unspecified atom stereocenters. The molecule has 0 amide bonds. The Labute approximate surface area is 96.0 Å². The highest BCUT2D eigenvalue weighted by Crippen LogP contribution is 2.29. The van der Waals surface area contributed by atoms with Gasteiger partial charge < -0.3 is 5.32 Å². The quantitative estimate of drug-likeness (QED) is 0.595. The molecule has 1 rings (SSSR count). The van der Waals surface area contributed by atoms with E-state index in [1.165, 1.54) is 57.8 Å². The molecule has 0 spiro atoms. The Morgan fingerprint density at radius 1 is 1.00 bits per heavy atom. The Morgan fingerprint density at radius 3 is 2.53 bits per heavy atom. The van der Waals surface area contributed by atoms with E-state index in [2.05, 4.69) is 19.2 Å². The third-order valence-electron chi connectivity index (χ3n) is 3.75. The summed E-state index contributed by atoms with van der Waals surface area (Å²) in [7, 11) is 0. The first-order chi connectivity index (χ1) is 7.36. The van der Waals surface area contributed by atoms with Crippen LogP contribution in [0.5, 0.6) is 0 Å². The third kappa shape index (κ3) is 5.55. The number of nitrogens with one attached hydrogen (secondary N) is 1. The summed E-state index contributed by atoms with van der Waals surface area (Å²) in [6.07, 6.45) is 13.0. The Morgan fingerprint density at radius 2 is 1.80 bits per heavy atom. The van der Waals surface area contributed by atoms with Crippen LogP contribution in [0, 0.1) is 5.92 Å². The number of hydrogen-bond donors (Lipinski definition) is 1. The van der Waals surface area contributed by atoms with Crippen LogP contribution in [-0.4, -0.2) is 12.6 Å². The molecule has 1 N–H and O–H groups in total. The van der Waals surface area contributed by atoms with E-state index in [1.54, 1.807) is 0 Å².